The summed E-state index contributed by atoms with van der Waals surface area (Å²) in [4.78, 5) is 7.64. The molecule has 4 aliphatic rings. The Hall–Kier alpha value is -7.44. The summed E-state index contributed by atoms with van der Waals surface area (Å²) in [6.07, 6.45) is 4.52. The first-order chi connectivity index (χ1) is 37.9. The molecule has 10 aromatic rings. The summed E-state index contributed by atoms with van der Waals surface area (Å²) in [5, 5.41) is 3.37. The van der Waals surface area contributed by atoms with E-state index in [1.807, 2.05) is 0 Å². The second kappa shape index (κ2) is 17.1. The zero-order valence-corrected chi connectivity index (χ0v) is 49.6. The highest BCUT2D eigenvalue weighted by atomic mass is 16.3. The molecule has 2 aromatic heterocycles. The number of rotatable bonds is 5. The first-order valence-corrected chi connectivity index (χ1v) is 29.4. The lowest BCUT2D eigenvalue weighted by molar-refractivity contribution is 0.332. The van der Waals surface area contributed by atoms with Crippen LogP contribution in [-0.2, 0) is 32.5 Å². The van der Waals surface area contributed by atoms with Crippen LogP contribution >= 0.6 is 0 Å². The summed E-state index contributed by atoms with van der Waals surface area (Å²) in [6.45, 7) is 33.2. The molecule has 0 N–H and O–H groups in total. The Bertz CT molecular complexity index is 4180. The summed E-state index contributed by atoms with van der Waals surface area (Å²) >= 11 is 0. The minimum Gasteiger partial charge on any atom is -0.468 e. The van der Waals surface area contributed by atoms with Gasteiger partial charge in [-0.3, -0.25) is 0 Å². The average molecular weight is 1050 g/mol. The molecule has 4 heterocycles. The van der Waals surface area contributed by atoms with Crippen molar-refractivity contribution in [3.05, 3.63) is 191 Å². The molecule has 5 nitrogen and oxygen atoms in total. The monoisotopic (exact) mass is 1050 g/mol. The third kappa shape index (κ3) is 7.63. The second-order valence-electron chi connectivity index (χ2n) is 28.7. The van der Waals surface area contributed by atoms with Gasteiger partial charge in [-0.2, -0.15) is 0 Å². The Balaban J connectivity index is 1.16. The molecule has 2 aliphatic carbocycles. The van der Waals surface area contributed by atoms with E-state index >= 15 is 0 Å². The molecular formula is C74H76BN3O2. The molecule has 2 aliphatic heterocycles. The molecule has 0 spiro atoms. The van der Waals surface area contributed by atoms with Crippen molar-refractivity contribution in [3.8, 4) is 0 Å². The van der Waals surface area contributed by atoms with E-state index in [9.17, 15) is 0 Å². The van der Waals surface area contributed by atoms with Gasteiger partial charge in [-0.05, 0) is 181 Å². The highest BCUT2D eigenvalue weighted by Gasteiger charge is 2.49. The molecule has 0 saturated heterocycles. The van der Waals surface area contributed by atoms with Crippen LogP contribution in [-0.4, -0.2) is 6.71 Å². The van der Waals surface area contributed by atoms with Crippen molar-refractivity contribution in [1.82, 2.24) is 0 Å². The van der Waals surface area contributed by atoms with Crippen LogP contribution in [0.15, 0.2) is 167 Å². The fourth-order valence-corrected chi connectivity index (χ4v) is 14.4. The largest absolute Gasteiger partial charge is 0.468 e. The number of benzene rings is 8. The van der Waals surface area contributed by atoms with Gasteiger partial charge in [-0.15, -0.1) is 0 Å². The van der Waals surface area contributed by atoms with E-state index in [4.69, 9.17) is 8.83 Å². The van der Waals surface area contributed by atoms with Crippen molar-refractivity contribution < 1.29 is 8.83 Å². The SMILES string of the molecule is CC(C)(C)c1ccc(N(c2ccccc2)c2cc3c4c(c2)N(c2cccc5c2oc2ccccc25)c2ccc(C(C)(C)C)cc2B4c2oc4cc5c(cc4c2N3c2ccc3c(c2)C(C)(C)CCC3(C)C)C(C)(C)CCC5(C)C)cc1. The van der Waals surface area contributed by atoms with Crippen LogP contribution in [0.3, 0.4) is 0 Å². The lowest BCUT2D eigenvalue weighted by Gasteiger charge is -2.45. The number of hydrogen-bond donors (Lipinski definition) is 0. The molecule has 0 amide bonds. The van der Waals surface area contributed by atoms with E-state index in [2.05, 4.69) is 269 Å². The second-order valence-corrected chi connectivity index (χ2v) is 28.7. The minimum atomic E-state index is -0.251. The number of hydrogen-bond acceptors (Lipinski definition) is 5. The van der Waals surface area contributed by atoms with E-state index < -0.39 is 0 Å². The van der Waals surface area contributed by atoms with Crippen molar-refractivity contribution in [1.29, 1.82) is 0 Å². The maximum atomic E-state index is 7.81. The van der Waals surface area contributed by atoms with Crippen LogP contribution in [0.2, 0.25) is 0 Å². The first kappa shape index (κ1) is 50.8. The van der Waals surface area contributed by atoms with Gasteiger partial charge in [0.2, 0.25) is 0 Å². The Morgan fingerprint density at radius 3 is 1.68 bits per heavy atom. The molecule has 14 rings (SSSR count). The molecule has 0 atom stereocenters. The predicted molar refractivity (Wildman–Crippen MR) is 340 cm³/mol. The maximum Gasteiger partial charge on any atom is 0.297 e. The van der Waals surface area contributed by atoms with Crippen LogP contribution in [0.4, 0.5) is 51.2 Å². The van der Waals surface area contributed by atoms with Crippen molar-refractivity contribution in [2.24, 2.45) is 0 Å². The Morgan fingerprint density at radius 1 is 0.425 bits per heavy atom. The van der Waals surface area contributed by atoms with Gasteiger partial charge in [0.05, 0.1) is 22.7 Å². The van der Waals surface area contributed by atoms with Gasteiger partial charge in [-0.25, -0.2) is 0 Å². The summed E-state index contributed by atoms with van der Waals surface area (Å²) in [5.41, 5.74) is 24.2. The molecule has 0 saturated carbocycles. The van der Waals surface area contributed by atoms with Gasteiger partial charge in [0, 0.05) is 50.3 Å². The summed E-state index contributed by atoms with van der Waals surface area (Å²) in [5.74, 6) is 0. The quantitative estimate of drug-likeness (QED) is 0.161. The Morgan fingerprint density at radius 2 is 1.00 bits per heavy atom. The number of nitrogens with zero attached hydrogens (tertiary/aromatic N) is 3. The van der Waals surface area contributed by atoms with E-state index in [1.54, 1.807) is 0 Å². The van der Waals surface area contributed by atoms with Gasteiger partial charge in [0.1, 0.15) is 11.2 Å². The normalized spacial score (nSPS) is 17.5. The van der Waals surface area contributed by atoms with Crippen molar-refractivity contribution in [2.45, 2.75) is 155 Å². The first-order valence-electron chi connectivity index (χ1n) is 29.4. The lowest BCUT2D eigenvalue weighted by Crippen LogP contribution is -2.61. The Labute approximate surface area is 474 Å². The predicted octanol–water partition coefficient (Wildman–Crippen LogP) is 19.2. The number of para-hydroxylation sites is 3. The molecule has 0 fully saturated rings. The van der Waals surface area contributed by atoms with Gasteiger partial charge >= 0.3 is 0 Å². The standard InChI is InChI=1S/C74H76BN3O2/c1-69(2,3)45-27-30-48(31-28-45)76(47-21-16-15-17-22-47)50-41-61-65-62(42-50)78(60-25-20-24-52-51-23-18-19-26-63(51)79-67(52)60)59-34-29-46(70(4,5)6)39-58(59)75(65)68-66(53-43-56-57(44-64(53)80-68)74(13,14)38-37-73(56,11)12)77(61)49-32-33-54-55(40-49)72(9,10)36-35-71(54,7)8/h15-34,39-44H,35-38H2,1-14H3. The smallest absolute Gasteiger partial charge is 0.297 e. The third-order valence-electron chi connectivity index (χ3n) is 19.5. The molecule has 0 radical (unpaired) electrons. The van der Waals surface area contributed by atoms with Crippen LogP contribution < -0.4 is 31.3 Å². The molecule has 80 heavy (non-hydrogen) atoms. The average Bonchev–Trinajstić information content (AvgIpc) is 4.18. The molecule has 8 aromatic carbocycles. The number of anilines is 9. The highest BCUT2D eigenvalue weighted by molar-refractivity contribution is 7.00. The third-order valence-corrected chi connectivity index (χ3v) is 19.5. The zero-order valence-electron chi connectivity index (χ0n) is 49.6. The maximum absolute atomic E-state index is 7.81. The topological polar surface area (TPSA) is 36.0 Å². The molecule has 6 heteroatoms. The van der Waals surface area contributed by atoms with Crippen LogP contribution in [0.1, 0.15) is 156 Å². The lowest BCUT2D eigenvalue weighted by atomic mass is 9.35. The molecule has 402 valence electrons. The molecule has 0 unspecified atom stereocenters. The van der Waals surface area contributed by atoms with Gasteiger partial charge in [-0.1, -0.05) is 176 Å². The highest BCUT2D eigenvalue weighted by Crippen LogP contribution is 2.55. The van der Waals surface area contributed by atoms with Crippen molar-refractivity contribution in [3.63, 3.8) is 0 Å². The molecular weight excluding hydrogens is 974 g/mol. The zero-order chi connectivity index (χ0) is 55.8. The minimum absolute atomic E-state index is 0.00283. The number of furan rings is 2. The van der Waals surface area contributed by atoms with Crippen LogP contribution in [0.5, 0.6) is 0 Å². The van der Waals surface area contributed by atoms with E-state index in [0.29, 0.717) is 0 Å². The fraction of sp³-hybridized carbons (Fsp3) is 0.324. The van der Waals surface area contributed by atoms with E-state index in [0.717, 1.165) is 110 Å². The van der Waals surface area contributed by atoms with E-state index in [1.165, 1.54) is 49.7 Å². The Kier molecular flexibility index (Phi) is 10.8. The van der Waals surface area contributed by atoms with Crippen molar-refractivity contribution >= 4 is 107 Å². The summed E-state index contributed by atoms with van der Waals surface area (Å²) < 4.78 is 14.9. The van der Waals surface area contributed by atoms with Crippen molar-refractivity contribution in [2.75, 3.05) is 14.7 Å². The van der Waals surface area contributed by atoms with Crippen LogP contribution in [0, 0.1) is 0 Å². The van der Waals surface area contributed by atoms with Gasteiger partial charge in [0.15, 0.2) is 5.58 Å². The fourth-order valence-electron chi connectivity index (χ4n) is 14.4. The summed E-state index contributed by atoms with van der Waals surface area (Å²) in [7, 11) is 0. The van der Waals surface area contributed by atoms with Gasteiger partial charge < -0.3 is 23.5 Å². The summed E-state index contributed by atoms with van der Waals surface area (Å²) in [6, 6.07) is 60.1. The molecule has 0 bridgehead atoms. The van der Waals surface area contributed by atoms with E-state index in [-0.39, 0.29) is 39.2 Å². The van der Waals surface area contributed by atoms with Crippen LogP contribution in [0.25, 0.3) is 32.9 Å². The number of fused-ring (bicyclic) bond motifs is 11. The van der Waals surface area contributed by atoms with Gasteiger partial charge in [0.25, 0.3) is 6.71 Å².